The largest absolute Gasteiger partial charge is 0.337 e. The third-order valence-electron chi connectivity index (χ3n) is 5.84. The highest BCUT2D eigenvalue weighted by molar-refractivity contribution is 5.74. The molecule has 2 aliphatic carbocycles. The number of aromatic nitrogens is 2. The fourth-order valence-electron chi connectivity index (χ4n) is 4.10. The van der Waals surface area contributed by atoms with Crippen LogP contribution in [0, 0.1) is 5.41 Å². The van der Waals surface area contributed by atoms with Crippen molar-refractivity contribution in [2.24, 2.45) is 5.41 Å². The second kappa shape index (κ2) is 6.13. The van der Waals surface area contributed by atoms with Crippen LogP contribution in [0.1, 0.15) is 75.4 Å². The Bertz CT molecular complexity index is 551. The Morgan fingerprint density at radius 1 is 1.17 bits per heavy atom. The normalized spacial score (nSPS) is 23.9. The minimum Gasteiger partial charge on any atom is -0.337 e. The lowest BCUT2D eigenvalue weighted by molar-refractivity contribution is 0.0809. The van der Waals surface area contributed by atoms with Gasteiger partial charge in [-0.1, -0.05) is 24.4 Å². The summed E-state index contributed by atoms with van der Waals surface area (Å²) in [4.78, 5) is 18.6. The quantitative estimate of drug-likeness (QED) is 0.929. The molecule has 1 N–H and O–H groups in total. The second-order valence-electron chi connectivity index (χ2n) is 7.53. The summed E-state index contributed by atoms with van der Waals surface area (Å²) in [6, 6.07) is 0.00170. The summed E-state index contributed by atoms with van der Waals surface area (Å²) in [5.41, 5.74) is 0.528. The molecule has 1 saturated heterocycles. The van der Waals surface area contributed by atoms with Crippen LogP contribution < -0.4 is 5.32 Å². The Morgan fingerprint density at radius 2 is 1.91 bits per heavy atom. The first kappa shape index (κ1) is 15.0. The molecule has 6 nitrogen and oxygen atoms in total. The first-order valence-electron chi connectivity index (χ1n) is 9.09. The van der Waals surface area contributed by atoms with E-state index in [0.29, 0.717) is 23.8 Å². The predicted molar refractivity (Wildman–Crippen MR) is 84.8 cm³/mol. The molecular formula is C17H26N4O2. The maximum Gasteiger partial charge on any atom is 0.317 e. The SMILES string of the molecule is O=C(NCc1nc(C2CC2)no1)N1CCC2(CCCCC2)CC1. The number of carbonyl (C=O) groups is 1. The van der Waals surface area contributed by atoms with Gasteiger partial charge in [0.1, 0.15) is 0 Å². The number of likely N-dealkylation sites (tertiary alicyclic amines) is 1. The Labute approximate surface area is 137 Å². The summed E-state index contributed by atoms with van der Waals surface area (Å²) in [6.45, 7) is 2.09. The van der Waals surface area contributed by atoms with Crippen molar-refractivity contribution in [1.29, 1.82) is 0 Å². The van der Waals surface area contributed by atoms with Gasteiger partial charge >= 0.3 is 6.03 Å². The summed E-state index contributed by atoms with van der Waals surface area (Å²) >= 11 is 0. The van der Waals surface area contributed by atoms with Crippen LogP contribution in [-0.4, -0.2) is 34.2 Å². The van der Waals surface area contributed by atoms with Crippen LogP contribution in [0.3, 0.4) is 0 Å². The summed E-state index contributed by atoms with van der Waals surface area (Å²) in [5, 5.41) is 6.90. The molecule has 23 heavy (non-hydrogen) atoms. The van der Waals surface area contributed by atoms with Gasteiger partial charge in [-0.25, -0.2) is 4.79 Å². The van der Waals surface area contributed by atoms with E-state index < -0.39 is 0 Å². The number of rotatable bonds is 3. The van der Waals surface area contributed by atoms with Crippen molar-refractivity contribution in [3.8, 4) is 0 Å². The summed E-state index contributed by atoms with van der Waals surface area (Å²) in [5.74, 6) is 1.80. The lowest BCUT2D eigenvalue weighted by Crippen LogP contribution is -2.47. The maximum atomic E-state index is 12.3. The molecule has 1 aromatic heterocycles. The molecule has 2 heterocycles. The topological polar surface area (TPSA) is 71.3 Å². The van der Waals surface area contributed by atoms with Crippen molar-refractivity contribution in [3.63, 3.8) is 0 Å². The fraction of sp³-hybridized carbons (Fsp3) is 0.824. The predicted octanol–water partition coefficient (Wildman–Crippen LogP) is 3.20. The number of hydrogen-bond acceptors (Lipinski definition) is 4. The summed E-state index contributed by atoms with van der Waals surface area (Å²) < 4.78 is 5.20. The standard InChI is InChI=1S/C17H26N4O2/c22-16(18-12-14-19-15(20-23-14)13-4-5-13)21-10-8-17(9-11-21)6-2-1-3-7-17/h13H,1-12H2,(H,18,22). The first-order valence-corrected chi connectivity index (χ1v) is 9.09. The third kappa shape index (κ3) is 3.35. The van der Waals surface area contributed by atoms with Crippen molar-refractivity contribution in [2.45, 2.75) is 70.3 Å². The Morgan fingerprint density at radius 3 is 2.61 bits per heavy atom. The van der Waals surface area contributed by atoms with Gasteiger partial charge in [0, 0.05) is 19.0 Å². The van der Waals surface area contributed by atoms with Crippen LogP contribution in [0.4, 0.5) is 4.79 Å². The zero-order chi connectivity index (χ0) is 15.7. The molecule has 2 saturated carbocycles. The number of nitrogens with one attached hydrogen (secondary N) is 1. The molecule has 3 aliphatic rings. The van der Waals surface area contributed by atoms with Gasteiger partial charge in [-0.3, -0.25) is 0 Å². The number of nitrogens with zero attached hydrogens (tertiary/aromatic N) is 3. The van der Waals surface area contributed by atoms with Gasteiger partial charge in [-0.15, -0.1) is 0 Å². The highest BCUT2D eigenvalue weighted by atomic mass is 16.5. The highest BCUT2D eigenvalue weighted by Gasteiger charge is 2.36. The van der Waals surface area contributed by atoms with Gasteiger partial charge in [0.25, 0.3) is 0 Å². The average Bonchev–Trinajstić information content (AvgIpc) is 3.33. The van der Waals surface area contributed by atoms with E-state index in [2.05, 4.69) is 15.5 Å². The van der Waals surface area contributed by atoms with Gasteiger partial charge in [0.15, 0.2) is 5.82 Å². The second-order valence-corrected chi connectivity index (χ2v) is 7.53. The molecule has 4 rings (SSSR count). The third-order valence-corrected chi connectivity index (χ3v) is 5.84. The Kier molecular flexibility index (Phi) is 3.99. The molecule has 1 aliphatic heterocycles. The molecule has 0 radical (unpaired) electrons. The van der Waals surface area contributed by atoms with Crippen LogP contribution in [0.2, 0.25) is 0 Å². The molecule has 3 fully saturated rings. The lowest BCUT2D eigenvalue weighted by Gasteiger charge is -2.44. The van der Waals surface area contributed by atoms with E-state index in [1.807, 2.05) is 4.90 Å². The van der Waals surface area contributed by atoms with Gasteiger partial charge < -0.3 is 14.7 Å². The monoisotopic (exact) mass is 318 g/mol. The molecule has 2 amide bonds. The van der Waals surface area contributed by atoms with Crippen LogP contribution in [0.25, 0.3) is 0 Å². The van der Waals surface area contributed by atoms with Gasteiger partial charge in [-0.05, 0) is 43.9 Å². The van der Waals surface area contributed by atoms with E-state index in [9.17, 15) is 4.79 Å². The van der Waals surface area contributed by atoms with E-state index in [0.717, 1.165) is 44.6 Å². The molecule has 0 atom stereocenters. The molecule has 0 bridgehead atoms. The fourth-order valence-corrected chi connectivity index (χ4v) is 4.10. The van der Waals surface area contributed by atoms with Crippen LogP contribution in [0.5, 0.6) is 0 Å². The molecule has 126 valence electrons. The minimum absolute atomic E-state index is 0.00170. The maximum absolute atomic E-state index is 12.3. The zero-order valence-electron chi connectivity index (χ0n) is 13.7. The van der Waals surface area contributed by atoms with E-state index >= 15 is 0 Å². The molecule has 0 aromatic carbocycles. The van der Waals surface area contributed by atoms with Crippen molar-refractivity contribution in [3.05, 3.63) is 11.7 Å². The minimum atomic E-state index is 0.00170. The van der Waals surface area contributed by atoms with Crippen molar-refractivity contribution >= 4 is 6.03 Å². The van der Waals surface area contributed by atoms with Crippen LogP contribution in [-0.2, 0) is 6.54 Å². The van der Waals surface area contributed by atoms with E-state index in [4.69, 9.17) is 4.52 Å². The van der Waals surface area contributed by atoms with Gasteiger partial charge in [0.05, 0.1) is 6.54 Å². The van der Waals surface area contributed by atoms with Crippen molar-refractivity contribution in [2.75, 3.05) is 13.1 Å². The molecule has 6 heteroatoms. The van der Waals surface area contributed by atoms with Crippen molar-refractivity contribution < 1.29 is 9.32 Å². The number of amides is 2. The lowest BCUT2D eigenvalue weighted by atomic mass is 9.68. The Balaban J connectivity index is 1.24. The molecule has 1 aromatic rings. The summed E-state index contributed by atoms with van der Waals surface area (Å²) in [6.07, 6.45) is 11.5. The zero-order valence-corrected chi connectivity index (χ0v) is 13.7. The summed E-state index contributed by atoms with van der Waals surface area (Å²) in [7, 11) is 0. The molecular weight excluding hydrogens is 292 g/mol. The van der Waals surface area contributed by atoms with Gasteiger partial charge in [0.2, 0.25) is 5.89 Å². The van der Waals surface area contributed by atoms with E-state index in [-0.39, 0.29) is 6.03 Å². The number of hydrogen-bond donors (Lipinski definition) is 1. The average molecular weight is 318 g/mol. The number of urea groups is 1. The number of carbonyl (C=O) groups excluding carboxylic acids is 1. The smallest absolute Gasteiger partial charge is 0.317 e. The van der Waals surface area contributed by atoms with Crippen LogP contribution in [0.15, 0.2) is 4.52 Å². The number of piperidine rings is 1. The molecule has 1 spiro atoms. The first-order chi connectivity index (χ1) is 11.2. The van der Waals surface area contributed by atoms with E-state index in [1.165, 1.54) is 32.1 Å². The van der Waals surface area contributed by atoms with Gasteiger partial charge in [-0.2, -0.15) is 4.98 Å². The van der Waals surface area contributed by atoms with Crippen LogP contribution >= 0.6 is 0 Å². The molecule has 0 unspecified atom stereocenters. The highest BCUT2D eigenvalue weighted by Crippen LogP contribution is 2.44. The van der Waals surface area contributed by atoms with E-state index in [1.54, 1.807) is 0 Å². The van der Waals surface area contributed by atoms with Crippen molar-refractivity contribution in [1.82, 2.24) is 20.4 Å². The Hall–Kier alpha value is -1.59.